The Kier molecular flexibility index (Phi) is 60.9. The van der Waals surface area contributed by atoms with Gasteiger partial charge in [0.1, 0.15) is 12.7 Å². The van der Waals surface area contributed by atoms with E-state index in [2.05, 4.69) is 57.2 Å². The fraction of sp³-hybridized carbons (Fsp3) is 0.868. The molecule has 0 aliphatic carbocycles. The number of aliphatic hydroxyl groups is 1. The van der Waals surface area contributed by atoms with E-state index < -0.39 is 57.8 Å². The first-order valence-electron chi connectivity index (χ1n) is 33.9. The first kappa shape index (κ1) is 77.7. The third kappa shape index (κ3) is 60.3. The fourth-order valence-electron chi connectivity index (χ4n) is 9.81. The zero-order valence-corrected chi connectivity index (χ0v) is 53.2. The van der Waals surface area contributed by atoms with Crippen LogP contribution in [0.25, 0.3) is 0 Å². The molecule has 11 nitrogen and oxygen atoms in total. The highest BCUT2D eigenvalue weighted by molar-refractivity contribution is 7.47. The van der Waals surface area contributed by atoms with Crippen molar-refractivity contribution in [1.29, 1.82) is 0 Å². The van der Waals surface area contributed by atoms with E-state index in [1.165, 1.54) is 205 Å². The molecule has 12 heteroatoms. The lowest BCUT2D eigenvalue weighted by molar-refractivity contribution is -0.161. The number of carbonyl (C=O) groups excluding carboxylic acids is 3. The number of unbranched alkanes of at least 4 members (excludes halogenated alkanes) is 41. The number of hydrogen-bond acceptors (Lipinski definition) is 10. The maximum Gasteiger partial charge on any atom is 0.472 e. The number of allylic oxidation sites excluding steroid dienone is 6. The van der Waals surface area contributed by atoms with Gasteiger partial charge in [-0.2, -0.15) is 0 Å². The summed E-state index contributed by atoms with van der Waals surface area (Å²) in [7, 11) is -4.75. The lowest BCUT2D eigenvalue weighted by Crippen LogP contribution is -2.30. The number of aliphatic hydroxyl groups excluding tert-OH is 1. The van der Waals surface area contributed by atoms with Gasteiger partial charge in [-0.05, 0) is 96.3 Å². The van der Waals surface area contributed by atoms with Gasteiger partial charge in [0.2, 0.25) is 0 Å². The van der Waals surface area contributed by atoms with Crippen molar-refractivity contribution in [2.75, 3.05) is 26.4 Å². The SMILES string of the molecule is CCCCCCCC/C=C\CCCCCCCCCCCC(=O)OC(CO)COP(=O)(O)OCC(COC(=O)CCCCCCC/C=C\CCCCCCCC)OC(=O)CCCCCCCCCCC/C=C\CCCCCCCC. The molecule has 0 fully saturated rings. The highest BCUT2D eigenvalue weighted by atomic mass is 31.2. The summed E-state index contributed by atoms with van der Waals surface area (Å²) in [5, 5.41) is 9.87. The van der Waals surface area contributed by atoms with Crippen LogP contribution in [0.3, 0.4) is 0 Å². The van der Waals surface area contributed by atoms with Crippen molar-refractivity contribution < 1.29 is 52.2 Å². The molecule has 0 rings (SSSR count). The monoisotopic (exact) mass is 1150 g/mol. The number of phosphoric ester groups is 1. The van der Waals surface area contributed by atoms with Gasteiger partial charge in [-0.15, -0.1) is 0 Å². The van der Waals surface area contributed by atoms with Crippen molar-refractivity contribution in [1.82, 2.24) is 0 Å². The molecule has 0 radical (unpaired) electrons. The van der Waals surface area contributed by atoms with Gasteiger partial charge < -0.3 is 24.2 Å². The van der Waals surface area contributed by atoms with Crippen LogP contribution < -0.4 is 0 Å². The summed E-state index contributed by atoms with van der Waals surface area (Å²) in [5.74, 6) is -1.45. The molecule has 3 unspecified atom stereocenters. The van der Waals surface area contributed by atoms with Crippen molar-refractivity contribution in [3.8, 4) is 0 Å². The Labute approximate surface area is 492 Å². The molecular weight excluding hydrogens is 1020 g/mol. The molecule has 80 heavy (non-hydrogen) atoms. The first-order valence-corrected chi connectivity index (χ1v) is 35.4. The number of ether oxygens (including phenoxy) is 3. The molecule has 0 bridgehead atoms. The molecule has 0 amide bonds. The minimum absolute atomic E-state index is 0.167. The second-order valence-electron chi connectivity index (χ2n) is 23.0. The van der Waals surface area contributed by atoms with Gasteiger partial charge in [-0.3, -0.25) is 23.4 Å². The fourth-order valence-corrected chi connectivity index (χ4v) is 10.6. The minimum atomic E-state index is -4.75. The highest BCUT2D eigenvalue weighted by Gasteiger charge is 2.28. The van der Waals surface area contributed by atoms with E-state index in [1.807, 2.05) is 0 Å². The lowest BCUT2D eigenvalue weighted by Gasteiger charge is -2.21. The Balaban J connectivity index is 4.64. The second-order valence-corrected chi connectivity index (χ2v) is 24.4. The number of rotatable bonds is 64. The van der Waals surface area contributed by atoms with Crippen LogP contribution in [0.15, 0.2) is 36.5 Å². The van der Waals surface area contributed by atoms with Crippen LogP contribution in [0, 0.1) is 0 Å². The summed E-state index contributed by atoms with van der Waals surface area (Å²) in [5.41, 5.74) is 0. The van der Waals surface area contributed by atoms with Crippen LogP contribution in [0.2, 0.25) is 0 Å². The van der Waals surface area contributed by atoms with Crippen molar-refractivity contribution in [2.24, 2.45) is 0 Å². The second kappa shape index (κ2) is 62.7. The molecule has 470 valence electrons. The van der Waals surface area contributed by atoms with Crippen molar-refractivity contribution in [3.63, 3.8) is 0 Å². The normalized spacial score (nSPS) is 13.4. The molecule has 0 aromatic rings. The third-order valence-corrected chi connectivity index (χ3v) is 16.0. The minimum Gasteiger partial charge on any atom is -0.462 e. The van der Waals surface area contributed by atoms with Gasteiger partial charge in [0, 0.05) is 19.3 Å². The van der Waals surface area contributed by atoms with Crippen molar-refractivity contribution in [3.05, 3.63) is 36.5 Å². The lowest BCUT2D eigenvalue weighted by atomic mass is 10.1. The van der Waals surface area contributed by atoms with Crippen molar-refractivity contribution in [2.45, 2.75) is 354 Å². The van der Waals surface area contributed by atoms with E-state index in [0.717, 1.165) is 77.0 Å². The quantitative estimate of drug-likeness (QED) is 0.0197. The summed E-state index contributed by atoms with van der Waals surface area (Å²) < 4.78 is 39.8. The zero-order chi connectivity index (χ0) is 58.3. The van der Waals surface area contributed by atoms with Crippen molar-refractivity contribution >= 4 is 25.7 Å². The molecule has 0 aromatic heterocycles. The van der Waals surface area contributed by atoms with Gasteiger partial charge in [0.15, 0.2) is 6.10 Å². The van der Waals surface area contributed by atoms with Gasteiger partial charge in [-0.25, -0.2) is 4.57 Å². The van der Waals surface area contributed by atoms with Gasteiger partial charge >= 0.3 is 25.7 Å². The number of carbonyl (C=O) groups is 3. The summed E-state index contributed by atoms with van der Waals surface area (Å²) in [6, 6.07) is 0. The van der Waals surface area contributed by atoms with Crippen LogP contribution >= 0.6 is 7.82 Å². The summed E-state index contributed by atoms with van der Waals surface area (Å²) in [4.78, 5) is 48.8. The molecule has 2 N–H and O–H groups in total. The molecule has 3 atom stereocenters. The van der Waals surface area contributed by atoms with Crippen LogP contribution in [-0.2, 0) is 42.2 Å². The van der Waals surface area contributed by atoms with Crippen LogP contribution in [0.4, 0.5) is 0 Å². The van der Waals surface area contributed by atoms with E-state index in [0.29, 0.717) is 19.3 Å². The third-order valence-electron chi connectivity index (χ3n) is 15.0. The topological polar surface area (TPSA) is 155 Å². The molecule has 0 saturated heterocycles. The molecule has 0 aliphatic rings. The predicted molar refractivity (Wildman–Crippen MR) is 335 cm³/mol. The highest BCUT2D eigenvalue weighted by Crippen LogP contribution is 2.43. The van der Waals surface area contributed by atoms with Crippen LogP contribution in [0.5, 0.6) is 0 Å². The van der Waals surface area contributed by atoms with Crippen LogP contribution in [-0.4, -0.2) is 66.5 Å². The number of phosphoric acid groups is 1. The standard InChI is InChI=1S/C68H127O11P/c1-4-7-10-13-16-19-22-25-28-30-32-34-37-40-43-46-49-52-55-58-67(71)78-64(60-69)62-76-80(73,74)77-63-65(61-75-66(70)57-54-51-48-45-42-39-36-27-24-21-18-15-12-9-6-3)79-68(72)59-56-53-50-47-44-41-38-35-33-31-29-26-23-20-17-14-11-8-5-2/h25-29,36,64-65,69H,4-24,30-35,37-63H2,1-3H3,(H,73,74)/b28-25-,29-26-,36-27-. The van der Waals surface area contributed by atoms with Crippen LogP contribution in [0.1, 0.15) is 342 Å². The molecular formula is C68H127O11P. The van der Waals surface area contributed by atoms with E-state index in [1.54, 1.807) is 0 Å². The number of hydrogen-bond donors (Lipinski definition) is 2. The first-order chi connectivity index (χ1) is 39.2. The number of esters is 3. The van der Waals surface area contributed by atoms with E-state index in [-0.39, 0.29) is 25.9 Å². The summed E-state index contributed by atoms with van der Waals surface area (Å²) >= 11 is 0. The molecule has 0 aromatic carbocycles. The largest absolute Gasteiger partial charge is 0.472 e. The Bertz CT molecular complexity index is 1480. The average molecular weight is 1150 g/mol. The Morgan fingerprint density at radius 3 is 0.863 bits per heavy atom. The summed E-state index contributed by atoms with van der Waals surface area (Å²) in [6.45, 7) is 4.70. The molecule has 0 aliphatic heterocycles. The molecule has 0 spiro atoms. The Morgan fingerprint density at radius 2 is 0.575 bits per heavy atom. The molecule has 0 heterocycles. The Morgan fingerprint density at radius 1 is 0.338 bits per heavy atom. The Hall–Kier alpha value is -2.30. The average Bonchev–Trinajstić information content (AvgIpc) is 3.45. The maximum absolute atomic E-state index is 13.0. The zero-order valence-electron chi connectivity index (χ0n) is 52.3. The van der Waals surface area contributed by atoms with Gasteiger partial charge in [0.05, 0.1) is 19.8 Å². The smallest absolute Gasteiger partial charge is 0.462 e. The summed E-state index contributed by atoms with van der Waals surface area (Å²) in [6.07, 6.45) is 68.0. The van der Waals surface area contributed by atoms with E-state index in [4.69, 9.17) is 23.3 Å². The van der Waals surface area contributed by atoms with Gasteiger partial charge in [0.25, 0.3) is 0 Å². The van der Waals surface area contributed by atoms with E-state index in [9.17, 15) is 28.9 Å². The van der Waals surface area contributed by atoms with Gasteiger partial charge in [-0.1, -0.05) is 263 Å². The molecule has 0 saturated carbocycles. The predicted octanol–water partition coefficient (Wildman–Crippen LogP) is 20.7. The maximum atomic E-state index is 13.0. The van der Waals surface area contributed by atoms with E-state index >= 15 is 0 Å².